The number of anilines is 4. The Kier molecular flexibility index (Phi) is 5.09. The predicted molar refractivity (Wildman–Crippen MR) is 85.0 cm³/mol. The molecule has 0 aliphatic heterocycles. The summed E-state index contributed by atoms with van der Waals surface area (Å²) in [5.74, 6) is 1.09. The Morgan fingerprint density at radius 3 is 2.38 bits per heavy atom. The van der Waals surface area contributed by atoms with Gasteiger partial charge in [-0.3, -0.25) is 4.79 Å². The minimum absolute atomic E-state index is 0.460. The highest BCUT2D eigenvalue weighted by molar-refractivity contribution is 5.71. The lowest BCUT2D eigenvalue weighted by Crippen LogP contribution is -2.21. The van der Waals surface area contributed by atoms with E-state index >= 15 is 0 Å². The normalized spacial score (nSPS) is 10.0. The van der Waals surface area contributed by atoms with E-state index in [4.69, 9.17) is 0 Å². The fourth-order valence-corrected chi connectivity index (χ4v) is 2.06. The zero-order valence-electron chi connectivity index (χ0n) is 12.2. The van der Waals surface area contributed by atoms with E-state index in [1.165, 1.54) is 12.0 Å². The molecule has 0 aliphatic rings. The number of hydrogen-bond donors (Lipinski definition) is 2. The molecule has 0 radical (unpaired) electrons. The Labute approximate surface area is 124 Å². The van der Waals surface area contributed by atoms with Gasteiger partial charge in [-0.25, -0.2) is 9.97 Å². The Bertz CT molecular complexity index is 581. The van der Waals surface area contributed by atoms with Crippen LogP contribution in [-0.2, 0) is 4.79 Å². The fraction of sp³-hybridized carbons (Fsp3) is 0.267. The predicted octanol–water partition coefficient (Wildman–Crippen LogP) is 2.63. The SMILES string of the molecule is CCN(CC)c1ccc(Nc2cc(NC=O)ncn2)cc1. The maximum absolute atomic E-state index is 10.4. The molecule has 0 spiro atoms. The average molecular weight is 285 g/mol. The molecular formula is C15H19N5O. The highest BCUT2D eigenvalue weighted by atomic mass is 16.1. The quantitative estimate of drug-likeness (QED) is 0.765. The number of nitrogens with zero attached hydrogens (tertiary/aromatic N) is 3. The molecule has 1 aromatic heterocycles. The Morgan fingerprint density at radius 1 is 1.10 bits per heavy atom. The van der Waals surface area contributed by atoms with Crippen molar-refractivity contribution >= 4 is 29.4 Å². The first-order valence-electron chi connectivity index (χ1n) is 6.91. The van der Waals surface area contributed by atoms with Gasteiger partial charge in [0.25, 0.3) is 0 Å². The van der Waals surface area contributed by atoms with E-state index in [-0.39, 0.29) is 0 Å². The number of amides is 1. The van der Waals surface area contributed by atoms with Crippen molar-refractivity contribution in [3.05, 3.63) is 36.7 Å². The third kappa shape index (κ3) is 3.92. The van der Waals surface area contributed by atoms with Crippen LogP contribution in [0.4, 0.5) is 23.0 Å². The second kappa shape index (κ2) is 7.23. The summed E-state index contributed by atoms with van der Waals surface area (Å²) in [5.41, 5.74) is 2.12. The molecule has 0 saturated carbocycles. The average Bonchev–Trinajstić information content (AvgIpc) is 2.51. The smallest absolute Gasteiger partial charge is 0.212 e. The van der Waals surface area contributed by atoms with Crippen molar-refractivity contribution in [3.8, 4) is 0 Å². The van der Waals surface area contributed by atoms with E-state index in [1.807, 2.05) is 12.1 Å². The standard InChI is InChI=1S/C15H19N5O/c1-3-20(4-2)13-7-5-12(6-8-13)19-15-9-14(18-11-21)16-10-17-15/h5-11H,3-4H2,1-2H3,(H2,16,17,18,19,21). The van der Waals surface area contributed by atoms with Gasteiger partial charge in [-0.05, 0) is 38.1 Å². The molecule has 0 aliphatic carbocycles. The first-order valence-corrected chi connectivity index (χ1v) is 6.91. The van der Waals surface area contributed by atoms with E-state index in [2.05, 4.69) is 51.5 Å². The first kappa shape index (κ1) is 14.8. The van der Waals surface area contributed by atoms with Crippen molar-refractivity contribution in [2.45, 2.75) is 13.8 Å². The van der Waals surface area contributed by atoms with Crippen molar-refractivity contribution in [2.24, 2.45) is 0 Å². The minimum atomic E-state index is 0.460. The largest absolute Gasteiger partial charge is 0.372 e. The highest BCUT2D eigenvalue weighted by Crippen LogP contribution is 2.20. The van der Waals surface area contributed by atoms with Crippen LogP contribution in [0.5, 0.6) is 0 Å². The van der Waals surface area contributed by atoms with Gasteiger partial charge in [-0.2, -0.15) is 0 Å². The van der Waals surface area contributed by atoms with Gasteiger partial charge in [-0.1, -0.05) is 0 Å². The molecule has 0 saturated heterocycles. The Hall–Kier alpha value is -2.63. The lowest BCUT2D eigenvalue weighted by Gasteiger charge is -2.21. The molecule has 6 nitrogen and oxygen atoms in total. The summed E-state index contributed by atoms with van der Waals surface area (Å²) in [4.78, 5) is 20.7. The van der Waals surface area contributed by atoms with Crippen LogP contribution in [0, 0.1) is 0 Å². The summed E-state index contributed by atoms with van der Waals surface area (Å²) in [5, 5.41) is 5.67. The molecule has 0 fully saturated rings. The molecule has 1 aromatic carbocycles. The third-order valence-corrected chi connectivity index (χ3v) is 3.14. The van der Waals surface area contributed by atoms with Crippen molar-refractivity contribution in [1.82, 2.24) is 9.97 Å². The third-order valence-electron chi connectivity index (χ3n) is 3.14. The molecule has 2 rings (SSSR count). The maximum atomic E-state index is 10.4. The molecule has 2 N–H and O–H groups in total. The number of aromatic nitrogens is 2. The van der Waals surface area contributed by atoms with Gasteiger partial charge in [-0.15, -0.1) is 0 Å². The molecule has 6 heteroatoms. The molecule has 0 atom stereocenters. The van der Waals surface area contributed by atoms with Crippen molar-refractivity contribution in [2.75, 3.05) is 28.6 Å². The van der Waals surface area contributed by atoms with Crippen molar-refractivity contribution < 1.29 is 4.79 Å². The van der Waals surface area contributed by atoms with Gasteiger partial charge in [0, 0.05) is 30.5 Å². The molecule has 0 bridgehead atoms. The molecule has 21 heavy (non-hydrogen) atoms. The Balaban J connectivity index is 2.09. The molecule has 1 heterocycles. The van der Waals surface area contributed by atoms with E-state index in [0.29, 0.717) is 18.0 Å². The van der Waals surface area contributed by atoms with Gasteiger partial charge in [0.2, 0.25) is 6.41 Å². The first-order chi connectivity index (χ1) is 10.3. The fourth-order valence-electron chi connectivity index (χ4n) is 2.06. The monoisotopic (exact) mass is 285 g/mol. The van der Waals surface area contributed by atoms with Crippen LogP contribution in [0.2, 0.25) is 0 Å². The number of hydrogen-bond acceptors (Lipinski definition) is 5. The summed E-state index contributed by atoms with van der Waals surface area (Å²) < 4.78 is 0. The zero-order chi connectivity index (χ0) is 15.1. The molecule has 1 amide bonds. The second-order valence-corrected chi connectivity index (χ2v) is 4.39. The van der Waals surface area contributed by atoms with Crippen molar-refractivity contribution in [3.63, 3.8) is 0 Å². The van der Waals surface area contributed by atoms with Crippen LogP contribution >= 0.6 is 0 Å². The van der Waals surface area contributed by atoms with Crippen LogP contribution in [0.15, 0.2) is 36.7 Å². The topological polar surface area (TPSA) is 70.2 Å². The number of nitrogens with one attached hydrogen (secondary N) is 2. The lowest BCUT2D eigenvalue weighted by molar-refractivity contribution is -0.105. The second-order valence-electron chi connectivity index (χ2n) is 4.39. The van der Waals surface area contributed by atoms with E-state index in [9.17, 15) is 4.79 Å². The Morgan fingerprint density at radius 2 is 1.76 bits per heavy atom. The summed E-state index contributed by atoms with van der Waals surface area (Å²) in [6.07, 6.45) is 1.99. The summed E-state index contributed by atoms with van der Waals surface area (Å²) >= 11 is 0. The lowest BCUT2D eigenvalue weighted by atomic mass is 10.2. The van der Waals surface area contributed by atoms with Gasteiger partial charge in [0.1, 0.15) is 18.0 Å². The molecular weight excluding hydrogens is 266 g/mol. The van der Waals surface area contributed by atoms with Crippen LogP contribution in [0.1, 0.15) is 13.8 Å². The van der Waals surface area contributed by atoms with Crippen LogP contribution < -0.4 is 15.5 Å². The number of rotatable bonds is 7. The van der Waals surface area contributed by atoms with Gasteiger partial charge >= 0.3 is 0 Å². The minimum Gasteiger partial charge on any atom is -0.372 e. The van der Waals surface area contributed by atoms with Gasteiger partial charge < -0.3 is 15.5 Å². The summed E-state index contributed by atoms with van der Waals surface area (Å²) in [6, 6.07) is 9.82. The maximum Gasteiger partial charge on any atom is 0.212 e. The molecule has 0 unspecified atom stereocenters. The van der Waals surface area contributed by atoms with E-state index < -0.39 is 0 Å². The van der Waals surface area contributed by atoms with Crippen molar-refractivity contribution in [1.29, 1.82) is 0 Å². The van der Waals surface area contributed by atoms with Crippen LogP contribution in [0.25, 0.3) is 0 Å². The summed E-state index contributed by atoms with van der Waals surface area (Å²) in [7, 11) is 0. The van der Waals surface area contributed by atoms with Crippen LogP contribution in [0.3, 0.4) is 0 Å². The van der Waals surface area contributed by atoms with Gasteiger partial charge in [0.05, 0.1) is 0 Å². The number of carbonyl (C=O) groups is 1. The van der Waals surface area contributed by atoms with Gasteiger partial charge in [0.15, 0.2) is 0 Å². The zero-order valence-corrected chi connectivity index (χ0v) is 12.2. The number of benzene rings is 1. The highest BCUT2D eigenvalue weighted by Gasteiger charge is 2.02. The van der Waals surface area contributed by atoms with E-state index in [1.54, 1.807) is 6.07 Å². The molecule has 2 aromatic rings. The molecule has 110 valence electrons. The van der Waals surface area contributed by atoms with E-state index in [0.717, 1.165) is 18.8 Å². The number of carbonyl (C=O) groups excluding carboxylic acids is 1. The van der Waals surface area contributed by atoms with Crippen LogP contribution in [-0.4, -0.2) is 29.5 Å². The summed E-state index contributed by atoms with van der Waals surface area (Å²) in [6.45, 7) is 6.24.